The standard InChI is InChI=1S/C20H23FN4O3S/c21-15-4-3-14(23-19(27)17-12-22-20(29-17)13-1-2-13)11-16(15)24-18(26)5-6-25-7-9-28-10-8-25/h3-4,11-13H,1-2,5-10H2,(H,23,27)(H,24,26). The average molecular weight is 418 g/mol. The summed E-state index contributed by atoms with van der Waals surface area (Å²) in [6.07, 6.45) is 4.09. The highest BCUT2D eigenvalue weighted by Crippen LogP contribution is 2.41. The molecule has 0 bridgehead atoms. The van der Waals surface area contributed by atoms with Gasteiger partial charge in [-0.05, 0) is 31.0 Å². The summed E-state index contributed by atoms with van der Waals surface area (Å²) in [6.45, 7) is 3.52. The Morgan fingerprint density at radius 2 is 2.03 bits per heavy atom. The third-order valence-corrected chi connectivity index (χ3v) is 6.09. The van der Waals surface area contributed by atoms with Crippen LogP contribution in [-0.4, -0.2) is 54.5 Å². The molecule has 2 N–H and O–H groups in total. The smallest absolute Gasteiger partial charge is 0.267 e. The van der Waals surface area contributed by atoms with Crippen molar-refractivity contribution < 1.29 is 18.7 Å². The second-order valence-corrected chi connectivity index (χ2v) is 8.30. The minimum absolute atomic E-state index is 0.0535. The Balaban J connectivity index is 1.33. The van der Waals surface area contributed by atoms with Gasteiger partial charge in [0.15, 0.2) is 0 Å². The molecule has 1 saturated heterocycles. The molecule has 1 saturated carbocycles. The maximum atomic E-state index is 14.1. The van der Waals surface area contributed by atoms with Crippen LogP contribution in [-0.2, 0) is 9.53 Å². The molecule has 0 radical (unpaired) electrons. The number of morpholine rings is 1. The Morgan fingerprint density at radius 1 is 1.24 bits per heavy atom. The number of rotatable bonds is 7. The highest BCUT2D eigenvalue weighted by atomic mass is 32.1. The normalized spacial score (nSPS) is 17.1. The van der Waals surface area contributed by atoms with Gasteiger partial charge in [-0.25, -0.2) is 9.37 Å². The van der Waals surface area contributed by atoms with E-state index in [9.17, 15) is 14.0 Å². The first-order valence-corrected chi connectivity index (χ1v) is 10.6. The van der Waals surface area contributed by atoms with Crippen LogP contribution in [0.3, 0.4) is 0 Å². The number of nitrogens with one attached hydrogen (secondary N) is 2. The summed E-state index contributed by atoms with van der Waals surface area (Å²) in [5.74, 6) is -0.607. The lowest BCUT2D eigenvalue weighted by atomic mass is 10.2. The van der Waals surface area contributed by atoms with Crippen molar-refractivity contribution >= 4 is 34.5 Å². The summed E-state index contributed by atoms with van der Waals surface area (Å²) in [4.78, 5) is 31.6. The van der Waals surface area contributed by atoms with Crippen LogP contribution >= 0.6 is 11.3 Å². The van der Waals surface area contributed by atoms with Crippen molar-refractivity contribution in [1.29, 1.82) is 0 Å². The molecular formula is C20H23FN4O3S. The Labute approximate surface area is 172 Å². The molecule has 0 spiro atoms. The van der Waals surface area contributed by atoms with E-state index in [0.29, 0.717) is 36.2 Å². The number of carbonyl (C=O) groups excluding carboxylic acids is 2. The fourth-order valence-electron chi connectivity index (χ4n) is 3.10. The largest absolute Gasteiger partial charge is 0.379 e. The summed E-state index contributed by atoms with van der Waals surface area (Å²) in [6, 6.07) is 4.14. The first-order valence-electron chi connectivity index (χ1n) is 9.75. The summed E-state index contributed by atoms with van der Waals surface area (Å²) >= 11 is 1.39. The van der Waals surface area contributed by atoms with Crippen molar-refractivity contribution in [2.75, 3.05) is 43.5 Å². The van der Waals surface area contributed by atoms with Gasteiger partial charge >= 0.3 is 0 Å². The number of halogens is 1. The van der Waals surface area contributed by atoms with Crippen LogP contribution in [0.1, 0.15) is 39.9 Å². The first kappa shape index (κ1) is 19.9. The van der Waals surface area contributed by atoms with E-state index in [1.807, 2.05) is 0 Å². The van der Waals surface area contributed by atoms with Gasteiger partial charge in [-0.15, -0.1) is 11.3 Å². The Bertz CT molecular complexity index is 894. The molecule has 1 aromatic carbocycles. The van der Waals surface area contributed by atoms with Crippen molar-refractivity contribution in [2.45, 2.75) is 25.2 Å². The summed E-state index contributed by atoms with van der Waals surface area (Å²) < 4.78 is 19.4. The molecule has 4 rings (SSSR count). The maximum absolute atomic E-state index is 14.1. The van der Waals surface area contributed by atoms with Crippen molar-refractivity contribution in [3.05, 3.63) is 40.1 Å². The van der Waals surface area contributed by atoms with Crippen LogP contribution in [0.15, 0.2) is 24.4 Å². The zero-order valence-electron chi connectivity index (χ0n) is 15.9. The third kappa shape index (κ3) is 5.37. The fraction of sp³-hybridized carbons (Fsp3) is 0.450. The fourth-order valence-corrected chi connectivity index (χ4v) is 4.08. The molecule has 2 amide bonds. The van der Waals surface area contributed by atoms with Crippen LogP contribution in [0.25, 0.3) is 0 Å². The zero-order chi connectivity index (χ0) is 20.2. The molecule has 0 unspecified atom stereocenters. The van der Waals surface area contributed by atoms with E-state index in [-0.39, 0.29) is 23.9 Å². The summed E-state index contributed by atoms with van der Waals surface area (Å²) in [5.41, 5.74) is 0.471. The lowest BCUT2D eigenvalue weighted by molar-refractivity contribution is -0.116. The monoisotopic (exact) mass is 418 g/mol. The molecular weight excluding hydrogens is 395 g/mol. The summed E-state index contributed by atoms with van der Waals surface area (Å²) in [5, 5.41) is 6.33. The third-order valence-electron chi connectivity index (χ3n) is 4.93. The minimum Gasteiger partial charge on any atom is -0.379 e. The van der Waals surface area contributed by atoms with Crippen LogP contribution in [0.5, 0.6) is 0 Å². The van der Waals surface area contributed by atoms with Crippen LogP contribution < -0.4 is 10.6 Å². The highest BCUT2D eigenvalue weighted by Gasteiger charge is 2.27. The number of carbonyl (C=O) groups is 2. The topological polar surface area (TPSA) is 83.6 Å². The van der Waals surface area contributed by atoms with Crippen LogP contribution in [0.4, 0.5) is 15.8 Å². The molecule has 2 fully saturated rings. The predicted octanol–water partition coefficient (Wildman–Crippen LogP) is 3.07. The molecule has 2 aromatic rings. The van der Waals surface area contributed by atoms with Gasteiger partial charge in [-0.3, -0.25) is 14.5 Å². The van der Waals surface area contributed by atoms with Crippen molar-refractivity contribution in [3.8, 4) is 0 Å². The number of amides is 2. The molecule has 154 valence electrons. The van der Waals surface area contributed by atoms with E-state index in [1.54, 1.807) is 6.20 Å². The Kier molecular flexibility index (Phi) is 6.17. The molecule has 29 heavy (non-hydrogen) atoms. The van der Waals surface area contributed by atoms with E-state index >= 15 is 0 Å². The van der Waals surface area contributed by atoms with Crippen molar-refractivity contribution in [3.63, 3.8) is 0 Å². The number of aromatic nitrogens is 1. The number of thiazole rings is 1. The first-order chi connectivity index (χ1) is 14.1. The van der Waals surface area contributed by atoms with Crippen LogP contribution in [0, 0.1) is 5.82 Å². The van der Waals surface area contributed by atoms with E-state index < -0.39 is 5.82 Å². The lowest BCUT2D eigenvalue weighted by Crippen LogP contribution is -2.38. The minimum atomic E-state index is -0.545. The number of benzene rings is 1. The van der Waals surface area contributed by atoms with Gasteiger partial charge < -0.3 is 15.4 Å². The number of hydrogen-bond donors (Lipinski definition) is 2. The second kappa shape index (κ2) is 8.98. The SMILES string of the molecule is O=C(CCN1CCOCC1)Nc1cc(NC(=O)c2cnc(C3CC3)s2)ccc1F. The molecule has 1 aliphatic heterocycles. The molecule has 1 aromatic heterocycles. The van der Waals surface area contributed by atoms with Gasteiger partial charge in [-0.2, -0.15) is 0 Å². The maximum Gasteiger partial charge on any atom is 0.267 e. The quantitative estimate of drug-likeness (QED) is 0.722. The van der Waals surface area contributed by atoms with E-state index in [1.165, 1.54) is 29.5 Å². The number of ether oxygens (including phenoxy) is 1. The molecule has 0 atom stereocenters. The van der Waals surface area contributed by atoms with E-state index in [4.69, 9.17) is 4.74 Å². The van der Waals surface area contributed by atoms with Gasteiger partial charge in [0, 0.05) is 37.7 Å². The molecule has 1 aliphatic carbocycles. The summed E-state index contributed by atoms with van der Waals surface area (Å²) in [7, 11) is 0. The van der Waals surface area contributed by atoms with Gasteiger partial charge in [-0.1, -0.05) is 0 Å². The molecule has 2 heterocycles. The number of nitrogens with zero attached hydrogens (tertiary/aromatic N) is 2. The lowest BCUT2D eigenvalue weighted by Gasteiger charge is -2.26. The van der Waals surface area contributed by atoms with E-state index in [0.717, 1.165) is 30.9 Å². The Hall–Kier alpha value is -2.36. The van der Waals surface area contributed by atoms with Crippen molar-refractivity contribution in [2.24, 2.45) is 0 Å². The second-order valence-electron chi connectivity index (χ2n) is 7.24. The van der Waals surface area contributed by atoms with E-state index in [2.05, 4.69) is 20.5 Å². The van der Waals surface area contributed by atoms with Gasteiger partial charge in [0.05, 0.1) is 30.1 Å². The molecule has 7 nitrogen and oxygen atoms in total. The van der Waals surface area contributed by atoms with Crippen molar-refractivity contribution in [1.82, 2.24) is 9.88 Å². The highest BCUT2D eigenvalue weighted by molar-refractivity contribution is 7.13. The van der Waals surface area contributed by atoms with Gasteiger partial charge in [0.1, 0.15) is 10.7 Å². The molecule has 2 aliphatic rings. The zero-order valence-corrected chi connectivity index (χ0v) is 16.8. The predicted molar refractivity (Wildman–Crippen MR) is 109 cm³/mol. The Morgan fingerprint density at radius 3 is 2.79 bits per heavy atom. The average Bonchev–Trinajstić information content (AvgIpc) is 3.46. The van der Waals surface area contributed by atoms with Gasteiger partial charge in [0.2, 0.25) is 5.91 Å². The number of anilines is 2. The number of hydrogen-bond acceptors (Lipinski definition) is 6. The van der Waals surface area contributed by atoms with Gasteiger partial charge in [0.25, 0.3) is 5.91 Å². The molecule has 9 heteroatoms. The van der Waals surface area contributed by atoms with Crippen LogP contribution in [0.2, 0.25) is 0 Å².